The van der Waals surface area contributed by atoms with E-state index in [1.54, 1.807) is 6.92 Å². The highest BCUT2D eigenvalue weighted by Crippen LogP contribution is 2.34. The summed E-state index contributed by atoms with van der Waals surface area (Å²) in [7, 11) is 0. The van der Waals surface area contributed by atoms with Crippen LogP contribution in [-0.4, -0.2) is 35.4 Å². The standard InChI is InChI=1S/C19H28N4O3/c1-11(24)19(2,26-22)17-8-4-12-9-13(3-7-16(12)25-17)18(21)23-15-6-5-14(20)10-15/h3,7,9,14-15,17H,4-6,8,10,20,22H2,1-2H3,(H2,21,23)/t14-,15-,17+,19+/m0/s1. The minimum absolute atomic E-state index is 0.161. The molecule has 1 aliphatic heterocycles. The monoisotopic (exact) mass is 360 g/mol. The molecular weight excluding hydrogens is 332 g/mol. The van der Waals surface area contributed by atoms with Gasteiger partial charge in [-0.1, -0.05) is 0 Å². The maximum atomic E-state index is 11.9. The summed E-state index contributed by atoms with van der Waals surface area (Å²) >= 11 is 0. The fourth-order valence-electron chi connectivity index (χ4n) is 3.75. The molecule has 142 valence electrons. The van der Waals surface area contributed by atoms with Crippen LogP contribution < -0.4 is 21.7 Å². The van der Waals surface area contributed by atoms with Crippen molar-refractivity contribution in [1.29, 1.82) is 5.41 Å². The van der Waals surface area contributed by atoms with Gasteiger partial charge in [-0.05, 0) is 69.7 Å². The predicted octanol–water partition coefficient (Wildman–Crippen LogP) is 1.41. The van der Waals surface area contributed by atoms with Crippen molar-refractivity contribution >= 4 is 11.6 Å². The number of ether oxygens (including phenoxy) is 1. The van der Waals surface area contributed by atoms with Crippen molar-refractivity contribution in [1.82, 2.24) is 5.32 Å². The zero-order valence-electron chi connectivity index (χ0n) is 15.4. The third-order valence-corrected chi connectivity index (χ3v) is 5.67. The lowest BCUT2D eigenvalue weighted by Gasteiger charge is -2.36. The Balaban J connectivity index is 1.71. The largest absolute Gasteiger partial charge is 0.487 e. The Morgan fingerprint density at radius 3 is 2.77 bits per heavy atom. The average Bonchev–Trinajstić information content (AvgIpc) is 3.04. The molecule has 1 aliphatic carbocycles. The van der Waals surface area contributed by atoms with Gasteiger partial charge in [-0.2, -0.15) is 0 Å². The normalized spacial score (nSPS) is 27.2. The van der Waals surface area contributed by atoms with Crippen LogP contribution in [-0.2, 0) is 16.1 Å². The second kappa shape index (κ2) is 7.34. The molecule has 1 fully saturated rings. The van der Waals surface area contributed by atoms with E-state index in [1.807, 2.05) is 18.2 Å². The lowest BCUT2D eigenvalue weighted by molar-refractivity contribution is -0.156. The van der Waals surface area contributed by atoms with E-state index < -0.39 is 11.7 Å². The highest BCUT2D eigenvalue weighted by Gasteiger charge is 2.43. The van der Waals surface area contributed by atoms with Crippen LogP contribution in [0.1, 0.15) is 50.7 Å². The van der Waals surface area contributed by atoms with Crippen LogP contribution in [0.4, 0.5) is 0 Å². The van der Waals surface area contributed by atoms with E-state index in [0.717, 1.165) is 36.8 Å². The first-order valence-corrected chi connectivity index (χ1v) is 9.13. The summed E-state index contributed by atoms with van der Waals surface area (Å²) in [6, 6.07) is 6.19. The molecule has 0 amide bonds. The van der Waals surface area contributed by atoms with Crippen molar-refractivity contribution in [3.05, 3.63) is 29.3 Å². The molecule has 2 aliphatic rings. The average molecular weight is 360 g/mol. The van der Waals surface area contributed by atoms with E-state index in [9.17, 15) is 4.79 Å². The summed E-state index contributed by atoms with van der Waals surface area (Å²) < 4.78 is 6.00. The Morgan fingerprint density at radius 2 is 2.15 bits per heavy atom. The Hall–Kier alpha value is -1.96. The Labute approximate surface area is 153 Å². The van der Waals surface area contributed by atoms with Gasteiger partial charge in [0.05, 0.1) is 0 Å². The van der Waals surface area contributed by atoms with Gasteiger partial charge in [-0.25, -0.2) is 5.90 Å². The molecule has 0 unspecified atom stereocenters. The van der Waals surface area contributed by atoms with Gasteiger partial charge in [-0.15, -0.1) is 0 Å². The second-order valence-corrected chi connectivity index (χ2v) is 7.54. The number of fused-ring (bicyclic) bond motifs is 1. The molecule has 7 heteroatoms. The van der Waals surface area contributed by atoms with Gasteiger partial charge in [0.2, 0.25) is 0 Å². The zero-order valence-corrected chi connectivity index (χ0v) is 15.4. The molecule has 0 saturated heterocycles. The number of hydrogen-bond acceptors (Lipinski definition) is 6. The Morgan fingerprint density at radius 1 is 1.38 bits per heavy atom. The van der Waals surface area contributed by atoms with Crippen LogP contribution in [0.15, 0.2) is 18.2 Å². The SMILES string of the molecule is CC(=O)[C@@](C)(ON)[C@H]1CCc2cc(C(=N)N[C@H]3CC[C@H](N)C3)ccc2O1. The van der Waals surface area contributed by atoms with Gasteiger partial charge >= 0.3 is 0 Å². The van der Waals surface area contributed by atoms with Crippen LogP contribution in [0.25, 0.3) is 0 Å². The lowest BCUT2D eigenvalue weighted by atomic mass is 9.87. The van der Waals surface area contributed by atoms with Gasteiger partial charge in [0.25, 0.3) is 0 Å². The number of benzene rings is 1. The maximum absolute atomic E-state index is 11.9. The molecule has 6 N–H and O–H groups in total. The minimum Gasteiger partial charge on any atom is -0.487 e. The molecule has 4 atom stereocenters. The molecule has 26 heavy (non-hydrogen) atoms. The van der Waals surface area contributed by atoms with Gasteiger partial charge < -0.3 is 15.8 Å². The molecular formula is C19H28N4O3. The van der Waals surface area contributed by atoms with Crippen LogP contribution in [0.3, 0.4) is 0 Å². The second-order valence-electron chi connectivity index (χ2n) is 7.54. The zero-order chi connectivity index (χ0) is 18.9. The number of hydrogen-bond donors (Lipinski definition) is 4. The molecule has 0 radical (unpaired) electrons. The van der Waals surface area contributed by atoms with E-state index >= 15 is 0 Å². The number of carbonyl (C=O) groups excluding carboxylic acids is 1. The summed E-state index contributed by atoms with van der Waals surface area (Å²) in [6.45, 7) is 3.11. The maximum Gasteiger partial charge on any atom is 0.180 e. The molecule has 1 aromatic carbocycles. The first-order chi connectivity index (χ1) is 12.3. The van der Waals surface area contributed by atoms with Crippen molar-refractivity contribution in [2.75, 3.05) is 0 Å². The van der Waals surface area contributed by atoms with Crippen LogP contribution in [0.2, 0.25) is 0 Å². The topological polar surface area (TPSA) is 123 Å². The summed E-state index contributed by atoms with van der Waals surface area (Å²) in [5.74, 6) is 6.33. The van der Waals surface area contributed by atoms with E-state index in [1.165, 1.54) is 6.92 Å². The Bertz CT molecular complexity index is 708. The van der Waals surface area contributed by atoms with Crippen molar-refractivity contribution in [2.45, 2.75) is 69.7 Å². The van der Waals surface area contributed by atoms with Crippen LogP contribution in [0.5, 0.6) is 5.75 Å². The summed E-state index contributed by atoms with van der Waals surface area (Å²) in [4.78, 5) is 16.9. The molecule has 3 rings (SSSR count). The minimum atomic E-state index is -1.16. The van der Waals surface area contributed by atoms with Gasteiger partial charge in [0.1, 0.15) is 17.7 Å². The summed E-state index contributed by atoms with van der Waals surface area (Å²) in [5, 5.41) is 11.6. The molecule has 0 bridgehead atoms. The fourth-order valence-corrected chi connectivity index (χ4v) is 3.75. The van der Waals surface area contributed by atoms with Crippen molar-refractivity contribution in [2.24, 2.45) is 11.6 Å². The molecule has 1 aromatic rings. The number of amidine groups is 1. The van der Waals surface area contributed by atoms with E-state index in [4.69, 9.17) is 26.6 Å². The smallest absolute Gasteiger partial charge is 0.180 e. The van der Waals surface area contributed by atoms with Gasteiger partial charge in [-0.3, -0.25) is 15.0 Å². The van der Waals surface area contributed by atoms with E-state index in [2.05, 4.69) is 5.32 Å². The lowest BCUT2D eigenvalue weighted by Crippen LogP contribution is -2.53. The summed E-state index contributed by atoms with van der Waals surface area (Å²) in [5.41, 5.74) is 6.63. The number of nitrogens with one attached hydrogen (secondary N) is 2. The highest BCUT2D eigenvalue weighted by atomic mass is 16.7. The molecule has 1 saturated carbocycles. The first-order valence-electron chi connectivity index (χ1n) is 9.13. The third kappa shape index (κ3) is 3.60. The van der Waals surface area contributed by atoms with Crippen LogP contribution >= 0.6 is 0 Å². The quantitative estimate of drug-likeness (QED) is 0.358. The van der Waals surface area contributed by atoms with Crippen LogP contribution in [0, 0.1) is 5.41 Å². The van der Waals surface area contributed by atoms with E-state index in [0.29, 0.717) is 18.0 Å². The van der Waals surface area contributed by atoms with Gasteiger partial charge in [0, 0.05) is 17.6 Å². The van der Waals surface area contributed by atoms with Crippen molar-refractivity contribution in [3.8, 4) is 5.75 Å². The predicted molar refractivity (Wildman–Crippen MR) is 99.1 cm³/mol. The van der Waals surface area contributed by atoms with Gasteiger partial charge in [0.15, 0.2) is 11.4 Å². The first kappa shape index (κ1) is 18.8. The number of rotatable bonds is 5. The molecule has 0 spiro atoms. The van der Waals surface area contributed by atoms with Crippen molar-refractivity contribution in [3.63, 3.8) is 0 Å². The highest BCUT2D eigenvalue weighted by molar-refractivity contribution is 5.97. The summed E-state index contributed by atoms with van der Waals surface area (Å²) in [6.07, 6.45) is 3.84. The number of Topliss-reactive ketones (excluding diaryl/α,β-unsaturated/α-hetero) is 1. The Kier molecular flexibility index (Phi) is 5.32. The molecule has 1 heterocycles. The molecule has 0 aromatic heterocycles. The number of carbonyl (C=O) groups is 1. The fraction of sp³-hybridized carbons (Fsp3) is 0.579. The number of ketones is 1. The molecule has 7 nitrogen and oxygen atoms in total. The third-order valence-electron chi connectivity index (χ3n) is 5.67. The number of nitrogens with two attached hydrogens (primary N) is 2. The number of aryl methyl sites for hydroxylation is 1. The van der Waals surface area contributed by atoms with E-state index in [-0.39, 0.29) is 17.9 Å². The van der Waals surface area contributed by atoms with Crippen molar-refractivity contribution < 1.29 is 14.4 Å².